The molecular formula is C9H16N4O. The Morgan fingerprint density at radius 1 is 1.50 bits per heavy atom. The molecule has 1 aromatic rings. The van der Waals surface area contributed by atoms with E-state index < -0.39 is 0 Å². The van der Waals surface area contributed by atoms with Gasteiger partial charge in [-0.15, -0.1) is 5.10 Å². The van der Waals surface area contributed by atoms with Crippen molar-refractivity contribution in [1.29, 1.82) is 0 Å². The summed E-state index contributed by atoms with van der Waals surface area (Å²) in [7, 11) is 0. The lowest BCUT2D eigenvalue weighted by molar-refractivity contribution is 0.0929. The van der Waals surface area contributed by atoms with Crippen molar-refractivity contribution in [2.75, 3.05) is 6.54 Å². The predicted octanol–water partition coefficient (Wildman–Crippen LogP) is 0.889. The average Bonchev–Trinajstić information content (AvgIpc) is 2.46. The summed E-state index contributed by atoms with van der Waals surface area (Å²) in [6.07, 6.45) is 0. The molecule has 0 fully saturated rings. The molecule has 0 spiro atoms. The van der Waals surface area contributed by atoms with Gasteiger partial charge < -0.3 is 5.32 Å². The Balaban J connectivity index is 2.52. The zero-order valence-corrected chi connectivity index (χ0v) is 9.01. The molecule has 78 valence electrons. The summed E-state index contributed by atoms with van der Waals surface area (Å²) in [5.41, 5.74) is 0.0704. The van der Waals surface area contributed by atoms with Gasteiger partial charge in [0.25, 0.3) is 5.91 Å². The maximum atomic E-state index is 11.4. The minimum atomic E-state index is -0.232. The second kappa shape index (κ2) is 3.77. The van der Waals surface area contributed by atoms with E-state index in [-0.39, 0.29) is 17.1 Å². The number of hydrogen-bond acceptors (Lipinski definition) is 3. The van der Waals surface area contributed by atoms with Crippen LogP contribution < -0.4 is 5.32 Å². The first-order chi connectivity index (χ1) is 6.38. The third kappa shape index (κ3) is 3.16. The van der Waals surface area contributed by atoms with E-state index in [9.17, 15) is 4.79 Å². The van der Waals surface area contributed by atoms with Crippen LogP contribution in [0.4, 0.5) is 0 Å². The van der Waals surface area contributed by atoms with Crippen molar-refractivity contribution in [2.45, 2.75) is 27.7 Å². The number of hydrogen-bond donors (Lipinski definition) is 2. The molecule has 0 radical (unpaired) electrons. The van der Waals surface area contributed by atoms with Crippen LogP contribution >= 0.6 is 0 Å². The van der Waals surface area contributed by atoms with Crippen molar-refractivity contribution < 1.29 is 4.79 Å². The van der Waals surface area contributed by atoms with Gasteiger partial charge in [-0.1, -0.05) is 20.8 Å². The van der Waals surface area contributed by atoms with E-state index in [4.69, 9.17) is 0 Å². The minimum Gasteiger partial charge on any atom is -0.349 e. The zero-order chi connectivity index (χ0) is 10.8. The lowest BCUT2D eigenvalue weighted by Crippen LogP contribution is -2.32. The first-order valence-electron chi connectivity index (χ1n) is 4.56. The summed E-state index contributed by atoms with van der Waals surface area (Å²) >= 11 is 0. The SMILES string of the molecule is Cc1nc(C(=O)NCC(C)(C)C)n[nH]1. The number of aromatic amines is 1. The normalized spacial score (nSPS) is 11.4. The minimum absolute atomic E-state index is 0.0704. The number of H-pyrrole nitrogens is 1. The molecule has 0 atom stereocenters. The van der Waals surface area contributed by atoms with Crippen molar-refractivity contribution in [1.82, 2.24) is 20.5 Å². The predicted molar refractivity (Wildman–Crippen MR) is 52.9 cm³/mol. The second-order valence-electron chi connectivity index (χ2n) is 4.49. The van der Waals surface area contributed by atoms with Gasteiger partial charge >= 0.3 is 0 Å². The van der Waals surface area contributed by atoms with Crippen molar-refractivity contribution in [3.63, 3.8) is 0 Å². The Hall–Kier alpha value is -1.39. The van der Waals surface area contributed by atoms with Crippen LogP contribution in [0.2, 0.25) is 0 Å². The van der Waals surface area contributed by atoms with E-state index in [2.05, 4.69) is 41.3 Å². The highest BCUT2D eigenvalue weighted by Gasteiger charge is 2.15. The first-order valence-corrected chi connectivity index (χ1v) is 4.56. The second-order valence-corrected chi connectivity index (χ2v) is 4.49. The van der Waals surface area contributed by atoms with E-state index in [0.29, 0.717) is 12.4 Å². The van der Waals surface area contributed by atoms with Gasteiger partial charge in [0, 0.05) is 6.54 Å². The summed E-state index contributed by atoms with van der Waals surface area (Å²) in [4.78, 5) is 15.4. The topological polar surface area (TPSA) is 70.7 Å². The maximum absolute atomic E-state index is 11.4. The first kappa shape index (κ1) is 10.7. The van der Waals surface area contributed by atoms with Gasteiger partial charge in [-0.2, -0.15) is 0 Å². The number of carbonyl (C=O) groups is 1. The van der Waals surface area contributed by atoms with Gasteiger partial charge in [0.2, 0.25) is 5.82 Å². The van der Waals surface area contributed by atoms with Crippen LogP contribution in [0, 0.1) is 12.3 Å². The Labute approximate surface area is 83.3 Å². The van der Waals surface area contributed by atoms with Crippen LogP contribution in [0.1, 0.15) is 37.2 Å². The molecule has 0 unspecified atom stereocenters. The number of carbonyl (C=O) groups excluding carboxylic acids is 1. The third-order valence-electron chi connectivity index (χ3n) is 1.58. The van der Waals surface area contributed by atoms with Crippen LogP contribution in [0.3, 0.4) is 0 Å². The fraction of sp³-hybridized carbons (Fsp3) is 0.667. The fourth-order valence-electron chi connectivity index (χ4n) is 0.869. The monoisotopic (exact) mass is 196 g/mol. The van der Waals surface area contributed by atoms with Crippen LogP contribution in [0.15, 0.2) is 0 Å². The molecule has 0 aliphatic carbocycles. The molecule has 0 saturated carbocycles. The van der Waals surface area contributed by atoms with E-state index >= 15 is 0 Å². The van der Waals surface area contributed by atoms with Crippen molar-refractivity contribution in [3.8, 4) is 0 Å². The summed E-state index contributed by atoms with van der Waals surface area (Å²) in [5, 5.41) is 9.16. The standard InChI is InChI=1S/C9H16N4O/c1-6-11-7(13-12-6)8(14)10-5-9(2,3)4/h5H2,1-4H3,(H,10,14)(H,11,12,13). The molecule has 1 heterocycles. The Morgan fingerprint density at radius 2 is 2.14 bits per heavy atom. The Morgan fingerprint density at radius 3 is 2.57 bits per heavy atom. The van der Waals surface area contributed by atoms with Gasteiger partial charge in [0.1, 0.15) is 5.82 Å². The lowest BCUT2D eigenvalue weighted by Gasteiger charge is -2.17. The molecule has 0 aliphatic rings. The summed E-state index contributed by atoms with van der Waals surface area (Å²) in [6.45, 7) is 8.52. The molecule has 0 saturated heterocycles. The molecule has 0 aliphatic heterocycles. The number of nitrogens with zero attached hydrogens (tertiary/aromatic N) is 2. The van der Waals surface area contributed by atoms with E-state index in [0.717, 1.165) is 0 Å². The molecule has 14 heavy (non-hydrogen) atoms. The molecule has 1 amide bonds. The number of aryl methyl sites for hydroxylation is 1. The number of rotatable bonds is 2. The number of aromatic nitrogens is 3. The van der Waals surface area contributed by atoms with Crippen molar-refractivity contribution in [2.24, 2.45) is 5.41 Å². The molecule has 1 aromatic heterocycles. The van der Waals surface area contributed by atoms with Crippen LogP contribution in [-0.4, -0.2) is 27.6 Å². The highest BCUT2D eigenvalue weighted by Crippen LogP contribution is 2.10. The van der Waals surface area contributed by atoms with Crippen LogP contribution in [0.25, 0.3) is 0 Å². The lowest BCUT2D eigenvalue weighted by atomic mass is 9.97. The zero-order valence-electron chi connectivity index (χ0n) is 9.01. The Kier molecular flexibility index (Phi) is 2.88. The van der Waals surface area contributed by atoms with E-state index in [1.54, 1.807) is 6.92 Å². The van der Waals surface area contributed by atoms with E-state index in [1.807, 2.05) is 0 Å². The van der Waals surface area contributed by atoms with Crippen molar-refractivity contribution in [3.05, 3.63) is 11.6 Å². The third-order valence-corrected chi connectivity index (χ3v) is 1.58. The van der Waals surface area contributed by atoms with Gasteiger partial charge in [0.15, 0.2) is 0 Å². The molecule has 0 bridgehead atoms. The molecular weight excluding hydrogens is 180 g/mol. The van der Waals surface area contributed by atoms with Gasteiger partial charge in [-0.05, 0) is 12.3 Å². The highest BCUT2D eigenvalue weighted by molar-refractivity contribution is 5.90. The quantitative estimate of drug-likeness (QED) is 0.738. The smallest absolute Gasteiger partial charge is 0.290 e. The Bertz CT molecular complexity index is 324. The van der Waals surface area contributed by atoms with Gasteiger partial charge in [-0.3, -0.25) is 9.89 Å². The number of nitrogens with one attached hydrogen (secondary N) is 2. The highest BCUT2D eigenvalue weighted by atomic mass is 16.2. The summed E-state index contributed by atoms with van der Waals surface area (Å²) < 4.78 is 0. The van der Waals surface area contributed by atoms with Gasteiger partial charge in [-0.25, -0.2) is 4.98 Å². The van der Waals surface area contributed by atoms with E-state index in [1.165, 1.54) is 0 Å². The van der Waals surface area contributed by atoms with Crippen LogP contribution in [-0.2, 0) is 0 Å². The molecule has 5 heteroatoms. The maximum Gasteiger partial charge on any atom is 0.290 e. The molecule has 0 aromatic carbocycles. The summed E-state index contributed by atoms with van der Waals surface area (Å²) in [6, 6.07) is 0. The van der Waals surface area contributed by atoms with Crippen LogP contribution in [0.5, 0.6) is 0 Å². The molecule has 1 rings (SSSR count). The average molecular weight is 196 g/mol. The van der Waals surface area contributed by atoms with Gasteiger partial charge in [0.05, 0.1) is 0 Å². The van der Waals surface area contributed by atoms with Crippen molar-refractivity contribution >= 4 is 5.91 Å². The summed E-state index contributed by atoms with van der Waals surface area (Å²) in [5.74, 6) is 0.613. The number of amides is 1. The fourth-order valence-corrected chi connectivity index (χ4v) is 0.869. The largest absolute Gasteiger partial charge is 0.349 e. The molecule has 2 N–H and O–H groups in total. The molecule has 5 nitrogen and oxygen atoms in total.